The Morgan fingerprint density at radius 1 is 1.35 bits per heavy atom. The lowest BCUT2D eigenvalue weighted by molar-refractivity contribution is -0.0563. The van der Waals surface area contributed by atoms with Crippen molar-refractivity contribution in [1.82, 2.24) is 20.1 Å². The molecule has 8 heteroatoms. The van der Waals surface area contributed by atoms with E-state index in [1.165, 1.54) is 0 Å². The molecule has 140 valence electrons. The molecule has 2 fully saturated rings. The van der Waals surface area contributed by atoms with Crippen molar-refractivity contribution in [3.63, 3.8) is 0 Å². The van der Waals surface area contributed by atoms with Gasteiger partial charge in [0, 0.05) is 45.2 Å². The van der Waals surface area contributed by atoms with Gasteiger partial charge in [0.1, 0.15) is 5.60 Å². The molecule has 2 unspecified atom stereocenters. The van der Waals surface area contributed by atoms with E-state index in [0.29, 0.717) is 31.0 Å². The first kappa shape index (κ1) is 17.4. The first-order chi connectivity index (χ1) is 12.7. The van der Waals surface area contributed by atoms with Gasteiger partial charge in [-0.1, -0.05) is 11.2 Å². The van der Waals surface area contributed by atoms with E-state index in [4.69, 9.17) is 13.9 Å². The topological polar surface area (TPSA) is 85.5 Å². The molecule has 2 aromatic heterocycles. The number of pyridine rings is 1. The molecule has 2 aromatic rings. The van der Waals surface area contributed by atoms with Crippen LogP contribution in [0.5, 0.6) is 0 Å². The van der Waals surface area contributed by atoms with E-state index in [1.54, 1.807) is 6.92 Å². The molecule has 0 bridgehead atoms. The Morgan fingerprint density at radius 2 is 2.31 bits per heavy atom. The van der Waals surface area contributed by atoms with Gasteiger partial charge in [-0.3, -0.25) is 9.88 Å². The lowest BCUT2D eigenvalue weighted by atomic mass is 9.94. The predicted octanol–water partition coefficient (Wildman–Crippen LogP) is 1.49. The standard InChI is InChI=1S/C18H25N5O3/c1-14-21-22-17(26-14)20-9-15-8-18(25-11-15)12-23(6-7-24-13-18)10-16-4-2-3-5-19-16/h2-5,15H,6-13H2,1H3,(H,20,22). The van der Waals surface area contributed by atoms with Crippen molar-refractivity contribution >= 4 is 6.01 Å². The minimum Gasteiger partial charge on any atom is -0.408 e. The number of ether oxygens (including phenoxy) is 2. The molecule has 8 nitrogen and oxygen atoms in total. The van der Waals surface area contributed by atoms with Gasteiger partial charge in [-0.05, 0) is 18.6 Å². The van der Waals surface area contributed by atoms with Crippen molar-refractivity contribution in [2.24, 2.45) is 5.92 Å². The highest BCUT2D eigenvalue weighted by molar-refractivity contribution is 5.17. The number of hydrogen-bond acceptors (Lipinski definition) is 8. The van der Waals surface area contributed by atoms with Crippen LogP contribution in [0.15, 0.2) is 28.8 Å². The van der Waals surface area contributed by atoms with Crippen LogP contribution in [0.3, 0.4) is 0 Å². The SMILES string of the molecule is Cc1nnc(NCC2COC3(COCCN(Cc4ccccn4)C3)C2)o1. The van der Waals surface area contributed by atoms with Crippen LogP contribution in [0.1, 0.15) is 18.0 Å². The summed E-state index contributed by atoms with van der Waals surface area (Å²) in [6.07, 6.45) is 2.79. The number of nitrogens with zero attached hydrogens (tertiary/aromatic N) is 4. The average molecular weight is 359 g/mol. The summed E-state index contributed by atoms with van der Waals surface area (Å²) in [4.78, 5) is 6.82. The van der Waals surface area contributed by atoms with Crippen molar-refractivity contribution < 1.29 is 13.9 Å². The van der Waals surface area contributed by atoms with Crippen LogP contribution in [0.25, 0.3) is 0 Å². The lowest BCUT2D eigenvalue weighted by Crippen LogP contribution is -2.44. The summed E-state index contributed by atoms with van der Waals surface area (Å²) in [6, 6.07) is 6.50. The van der Waals surface area contributed by atoms with Gasteiger partial charge in [-0.15, -0.1) is 5.10 Å². The maximum atomic E-state index is 6.24. The third kappa shape index (κ3) is 4.20. The summed E-state index contributed by atoms with van der Waals surface area (Å²) in [7, 11) is 0. The molecule has 0 radical (unpaired) electrons. The zero-order chi connectivity index (χ0) is 17.8. The number of hydrogen-bond donors (Lipinski definition) is 1. The fourth-order valence-corrected chi connectivity index (χ4v) is 3.72. The molecule has 2 aliphatic heterocycles. The van der Waals surface area contributed by atoms with Gasteiger partial charge in [0.2, 0.25) is 5.89 Å². The Balaban J connectivity index is 1.34. The summed E-state index contributed by atoms with van der Waals surface area (Å²) in [5.74, 6) is 0.953. The van der Waals surface area contributed by atoms with E-state index in [2.05, 4.69) is 31.5 Å². The first-order valence-corrected chi connectivity index (χ1v) is 9.09. The molecule has 26 heavy (non-hydrogen) atoms. The number of aryl methyl sites for hydroxylation is 1. The molecule has 4 heterocycles. The number of anilines is 1. The quantitative estimate of drug-likeness (QED) is 0.859. The second-order valence-corrected chi connectivity index (χ2v) is 7.16. The van der Waals surface area contributed by atoms with Crippen molar-refractivity contribution in [3.8, 4) is 0 Å². The molecule has 0 aromatic carbocycles. The number of rotatable bonds is 5. The fourth-order valence-electron chi connectivity index (χ4n) is 3.72. The maximum absolute atomic E-state index is 6.24. The average Bonchev–Trinajstić information content (AvgIpc) is 3.18. The summed E-state index contributed by atoms with van der Waals surface area (Å²) in [6.45, 7) is 7.19. The first-order valence-electron chi connectivity index (χ1n) is 9.09. The monoisotopic (exact) mass is 359 g/mol. The molecule has 0 aliphatic carbocycles. The van der Waals surface area contributed by atoms with E-state index in [9.17, 15) is 0 Å². The largest absolute Gasteiger partial charge is 0.408 e. The van der Waals surface area contributed by atoms with Crippen molar-refractivity contribution in [2.45, 2.75) is 25.5 Å². The lowest BCUT2D eigenvalue weighted by Gasteiger charge is -2.31. The second-order valence-electron chi connectivity index (χ2n) is 7.16. The molecule has 1 spiro atoms. The van der Waals surface area contributed by atoms with E-state index in [-0.39, 0.29) is 5.60 Å². The van der Waals surface area contributed by atoms with Gasteiger partial charge >= 0.3 is 6.01 Å². The molecular weight excluding hydrogens is 334 g/mol. The molecule has 1 N–H and O–H groups in total. The molecule has 2 aliphatic rings. The van der Waals surface area contributed by atoms with Crippen molar-refractivity contribution in [2.75, 3.05) is 44.8 Å². The van der Waals surface area contributed by atoms with E-state index < -0.39 is 0 Å². The highest BCUT2D eigenvalue weighted by atomic mass is 16.5. The molecule has 0 amide bonds. The summed E-state index contributed by atoms with van der Waals surface area (Å²) in [5, 5.41) is 11.0. The highest BCUT2D eigenvalue weighted by Crippen LogP contribution is 2.33. The summed E-state index contributed by atoms with van der Waals surface area (Å²) >= 11 is 0. The minimum absolute atomic E-state index is 0.248. The van der Waals surface area contributed by atoms with Crippen LogP contribution >= 0.6 is 0 Å². The Morgan fingerprint density at radius 3 is 3.12 bits per heavy atom. The second kappa shape index (κ2) is 7.69. The molecular formula is C18H25N5O3. The fraction of sp³-hybridized carbons (Fsp3) is 0.611. The van der Waals surface area contributed by atoms with Crippen LogP contribution < -0.4 is 5.32 Å². The zero-order valence-electron chi connectivity index (χ0n) is 15.1. The van der Waals surface area contributed by atoms with Crippen LogP contribution in [0.2, 0.25) is 0 Å². The van der Waals surface area contributed by atoms with Crippen molar-refractivity contribution in [1.29, 1.82) is 0 Å². The maximum Gasteiger partial charge on any atom is 0.315 e. The highest BCUT2D eigenvalue weighted by Gasteiger charge is 2.43. The Hall–Kier alpha value is -2.03. The summed E-state index contributed by atoms with van der Waals surface area (Å²) < 4.78 is 17.5. The Bertz CT molecular complexity index is 710. The third-order valence-electron chi connectivity index (χ3n) is 4.89. The van der Waals surface area contributed by atoms with E-state index in [1.807, 2.05) is 18.3 Å². The zero-order valence-corrected chi connectivity index (χ0v) is 15.1. The smallest absolute Gasteiger partial charge is 0.315 e. The van der Waals surface area contributed by atoms with Gasteiger partial charge in [0.05, 0.1) is 25.5 Å². The predicted molar refractivity (Wildman–Crippen MR) is 94.6 cm³/mol. The summed E-state index contributed by atoms with van der Waals surface area (Å²) in [5.41, 5.74) is 0.829. The molecule has 0 saturated carbocycles. The van der Waals surface area contributed by atoms with Crippen LogP contribution in [-0.2, 0) is 16.0 Å². The van der Waals surface area contributed by atoms with Crippen LogP contribution in [-0.4, -0.2) is 65.1 Å². The Kier molecular flexibility index (Phi) is 5.14. The van der Waals surface area contributed by atoms with Gasteiger partial charge in [-0.25, -0.2) is 0 Å². The van der Waals surface area contributed by atoms with Gasteiger partial charge in [0.15, 0.2) is 0 Å². The molecule has 4 rings (SSSR count). The van der Waals surface area contributed by atoms with Gasteiger partial charge in [0.25, 0.3) is 0 Å². The number of nitrogens with one attached hydrogen (secondary N) is 1. The minimum atomic E-state index is -0.248. The number of aromatic nitrogens is 3. The van der Waals surface area contributed by atoms with Gasteiger partial charge in [-0.2, -0.15) is 0 Å². The van der Waals surface area contributed by atoms with Crippen LogP contribution in [0, 0.1) is 12.8 Å². The molecule has 2 atom stereocenters. The van der Waals surface area contributed by atoms with Crippen molar-refractivity contribution in [3.05, 3.63) is 36.0 Å². The van der Waals surface area contributed by atoms with E-state index in [0.717, 1.165) is 44.9 Å². The Labute approximate surface area is 152 Å². The van der Waals surface area contributed by atoms with E-state index >= 15 is 0 Å². The molecule has 2 saturated heterocycles. The van der Waals surface area contributed by atoms with Gasteiger partial charge < -0.3 is 19.2 Å². The van der Waals surface area contributed by atoms with Crippen LogP contribution in [0.4, 0.5) is 6.01 Å². The normalized spacial score (nSPS) is 26.9. The third-order valence-corrected chi connectivity index (χ3v) is 4.89.